The number of benzene rings is 4. The number of phenols is 2. The van der Waals surface area contributed by atoms with Crippen LogP contribution in [0.1, 0.15) is 104 Å². The monoisotopic (exact) mass is 726 g/mol. The number of unbranched alkanes of at least 4 members (excludes halogenated alkanes) is 4. The van der Waals surface area contributed by atoms with Gasteiger partial charge in [-0.1, -0.05) is 164 Å². The largest absolute Gasteiger partial charge is 2.00 e. The SMILES string of the molecule is CCCCCC(C)(C)c1ccc(O)cc1.CCCCCC(C)(C)c1ccc(O)cc1.[KH].[Ni+2].[O-]c1ccccc1Sc1ccccc1[O-]. The number of para-hydroxylation sites is 2. The summed E-state index contributed by atoms with van der Waals surface area (Å²) in [7, 11) is 0. The van der Waals surface area contributed by atoms with Crippen molar-refractivity contribution in [1.82, 2.24) is 0 Å². The summed E-state index contributed by atoms with van der Waals surface area (Å²) in [5.74, 6) is 0.600. The zero-order valence-corrected chi connectivity index (χ0v) is 30.1. The van der Waals surface area contributed by atoms with Crippen molar-refractivity contribution in [3.05, 3.63) is 108 Å². The van der Waals surface area contributed by atoms with E-state index in [1.165, 1.54) is 86.4 Å². The Bertz CT molecular complexity index is 1290. The Morgan fingerprint density at radius 1 is 0.532 bits per heavy atom. The van der Waals surface area contributed by atoms with Crippen molar-refractivity contribution >= 4 is 63.1 Å². The zero-order chi connectivity index (χ0) is 33.3. The number of rotatable bonds is 12. The van der Waals surface area contributed by atoms with Crippen molar-refractivity contribution in [2.45, 2.75) is 114 Å². The minimum absolute atomic E-state index is 0. The van der Waals surface area contributed by atoms with E-state index in [1.54, 1.807) is 60.7 Å². The van der Waals surface area contributed by atoms with Gasteiger partial charge in [0, 0.05) is 9.79 Å². The van der Waals surface area contributed by atoms with Crippen LogP contribution in [-0.4, -0.2) is 61.6 Å². The van der Waals surface area contributed by atoms with Crippen LogP contribution in [0.5, 0.6) is 23.0 Å². The van der Waals surface area contributed by atoms with E-state index in [4.69, 9.17) is 0 Å². The molecule has 2 N–H and O–H groups in total. The molecule has 0 amide bonds. The van der Waals surface area contributed by atoms with Gasteiger partial charge in [-0.05, 0) is 71.2 Å². The van der Waals surface area contributed by atoms with Crippen LogP contribution in [-0.2, 0) is 27.3 Å². The summed E-state index contributed by atoms with van der Waals surface area (Å²) < 4.78 is 0. The van der Waals surface area contributed by atoms with Gasteiger partial charge in [0.05, 0.1) is 0 Å². The van der Waals surface area contributed by atoms with Crippen molar-refractivity contribution in [3.8, 4) is 23.0 Å². The van der Waals surface area contributed by atoms with Gasteiger partial charge in [-0.2, -0.15) is 0 Å². The molecule has 4 aromatic carbocycles. The molecule has 254 valence electrons. The van der Waals surface area contributed by atoms with Crippen molar-refractivity contribution in [2.75, 3.05) is 0 Å². The fraction of sp³-hybridized carbons (Fsp3) is 0.400. The number of aromatic hydroxyl groups is 2. The maximum Gasteiger partial charge on any atom is 2.00 e. The predicted octanol–water partition coefficient (Wildman–Crippen LogP) is 9.83. The molecule has 7 heteroatoms. The fourth-order valence-corrected chi connectivity index (χ4v) is 5.80. The molecule has 0 atom stereocenters. The van der Waals surface area contributed by atoms with Gasteiger partial charge in [0.25, 0.3) is 0 Å². The molecule has 0 saturated heterocycles. The van der Waals surface area contributed by atoms with Gasteiger partial charge in [-0.3, -0.25) is 0 Å². The molecule has 0 saturated carbocycles. The second kappa shape index (κ2) is 23.8. The van der Waals surface area contributed by atoms with Gasteiger partial charge >= 0.3 is 67.9 Å². The molecule has 4 nitrogen and oxygen atoms in total. The first kappa shape index (κ1) is 45.6. The second-order valence-corrected chi connectivity index (χ2v) is 13.9. The number of hydrogen-bond donors (Lipinski definition) is 2. The van der Waals surface area contributed by atoms with Crippen molar-refractivity contribution < 1.29 is 36.9 Å². The van der Waals surface area contributed by atoms with E-state index in [-0.39, 0.29) is 90.2 Å². The first-order valence-electron chi connectivity index (χ1n) is 16.2. The van der Waals surface area contributed by atoms with E-state index < -0.39 is 0 Å². The van der Waals surface area contributed by atoms with Crippen molar-refractivity contribution in [2.24, 2.45) is 0 Å². The van der Waals surface area contributed by atoms with Gasteiger partial charge in [0.2, 0.25) is 0 Å². The van der Waals surface area contributed by atoms with E-state index in [0.29, 0.717) is 21.3 Å². The summed E-state index contributed by atoms with van der Waals surface area (Å²) >= 11 is 1.22. The Morgan fingerprint density at radius 2 is 0.851 bits per heavy atom. The molecule has 4 aromatic rings. The predicted molar refractivity (Wildman–Crippen MR) is 194 cm³/mol. The third-order valence-corrected chi connectivity index (χ3v) is 9.14. The molecule has 4 rings (SSSR count). The molecule has 0 spiro atoms. The van der Waals surface area contributed by atoms with Crippen molar-refractivity contribution in [3.63, 3.8) is 0 Å². The Kier molecular flexibility index (Phi) is 23.1. The average Bonchev–Trinajstić information content (AvgIpc) is 3.01. The average molecular weight is 728 g/mol. The Morgan fingerprint density at radius 3 is 1.15 bits per heavy atom. The van der Waals surface area contributed by atoms with Crippen LogP contribution in [0.2, 0.25) is 0 Å². The molecule has 0 aliphatic carbocycles. The third kappa shape index (κ3) is 17.2. The molecule has 0 aliphatic heterocycles. The Labute approximate surface area is 341 Å². The Hall–Kier alpha value is -1.44. The van der Waals surface area contributed by atoms with E-state index in [2.05, 4.69) is 41.5 Å². The summed E-state index contributed by atoms with van der Waals surface area (Å²) in [6.07, 6.45) is 10.1. The quantitative estimate of drug-likeness (QED) is 0.112. The summed E-state index contributed by atoms with van der Waals surface area (Å²) in [4.78, 5) is 1.17. The fourth-order valence-electron chi connectivity index (χ4n) is 4.94. The minimum Gasteiger partial charge on any atom is -0.872 e. The number of hydrogen-bond acceptors (Lipinski definition) is 5. The van der Waals surface area contributed by atoms with Gasteiger partial charge < -0.3 is 20.4 Å². The maximum absolute atomic E-state index is 11.4. The topological polar surface area (TPSA) is 86.6 Å². The van der Waals surface area contributed by atoms with Crippen LogP contribution >= 0.6 is 11.8 Å². The smallest absolute Gasteiger partial charge is 0.872 e. The van der Waals surface area contributed by atoms with E-state index in [1.807, 2.05) is 24.3 Å². The minimum atomic E-state index is -0.0502. The van der Waals surface area contributed by atoms with Crippen LogP contribution in [0, 0.1) is 0 Å². The number of phenolic OH excluding ortho intramolecular Hbond substituents is 2. The maximum atomic E-state index is 11.4. The normalized spacial score (nSPS) is 10.7. The molecular weight excluding hydrogens is 674 g/mol. The first-order valence-corrected chi connectivity index (χ1v) is 17.0. The molecule has 0 aliphatic rings. The van der Waals surface area contributed by atoms with Crippen LogP contribution in [0.15, 0.2) is 107 Å². The van der Waals surface area contributed by atoms with Crippen LogP contribution in [0.25, 0.3) is 0 Å². The van der Waals surface area contributed by atoms with Gasteiger partial charge in [-0.25, -0.2) is 0 Å². The molecule has 0 aromatic heterocycles. The molecule has 0 radical (unpaired) electrons. The van der Waals surface area contributed by atoms with Gasteiger partial charge in [0.15, 0.2) is 0 Å². The molecule has 0 bridgehead atoms. The van der Waals surface area contributed by atoms with E-state index in [0.717, 1.165) is 0 Å². The Balaban J connectivity index is 0.000000661. The first-order chi connectivity index (χ1) is 21.4. The van der Waals surface area contributed by atoms with Crippen LogP contribution < -0.4 is 10.2 Å². The molecular formula is C40H53KNiO4S. The van der Waals surface area contributed by atoms with Gasteiger partial charge in [0.1, 0.15) is 11.5 Å². The zero-order valence-electron chi connectivity index (χ0n) is 28.3. The van der Waals surface area contributed by atoms with E-state index in [9.17, 15) is 20.4 Å². The van der Waals surface area contributed by atoms with Crippen molar-refractivity contribution in [1.29, 1.82) is 0 Å². The molecule has 0 unspecified atom stereocenters. The molecule has 0 fully saturated rings. The summed E-state index contributed by atoms with van der Waals surface area (Å²) in [5, 5.41) is 41.3. The second-order valence-electron chi connectivity index (χ2n) is 12.8. The standard InChI is InChI=1S/2C14H22O.C12H10O2S.K.Ni.H/c2*1-4-5-6-11-14(2,3)12-7-9-13(15)10-8-12;13-9-5-1-3-7-11(9)15-12-8-4-2-6-10(12)14;;;/h2*7-10,15H,4-6,11H2,1-3H3;1-8,13-14H;;;/q;;;;+2;/p-2. The van der Waals surface area contributed by atoms with Gasteiger partial charge in [-0.15, -0.1) is 0 Å². The van der Waals surface area contributed by atoms with E-state index >= 15 is 0 Å². The summed E-state index contributed by atoms with van der Waals surface area (Å²) in [5.41, 5.74) is 3.08. The third-order valence-electron chi connectivity index (χ3n) is 8.03. The summed E-state index contributed by atoms with van der Waals surface area (Å²) in [6.45, 7) is 13.6. The molecule has 47 heavy (non-hydrogen) atoms. The van der Waals surface area contributed by atoms with Crippen LogP contribution in [0.3, 0.4) is 0 Å². The van der Waals surface area contributed by atoms with Crippen LogP contribution in [0.4, 0.5) is 0 Å². The molecule has 0 heterocycles. The summed E-state index contributed by atoms with van der Waals surface area (Å²) in [6, 6.07) is 28.6.